The standard InChI is InChI=1S/C16H18N2O4/c1-21-14-8-7-13(16(9-14)22-2)11-17-10-12-5-3-4-6-15(12)18(19)20/h3-9,17H,10-11H2,1-2H3/p+1. The van der Waals surface area contributed by atoms with E-state index in [0.29, 0.717) is 18.7 Å². The fraction of sp³-hybridized carbons (Fsp3) is 0.250. The van der Waals surface area contributed by atoms with Crippen molar-refractivity contribution >= 4 is 5.69 Å². The van der Waals surface area contributed by atoms with E-state index >= 15 is 0 Å². The van der Waals surface area contributed by atoms with Crippen LogP contribution < -0.4 is 14.8 Å². The summed E-state index contributed by atoms with van der Waals surface area (Å²) in [5.41, 5.74) is 1.88. The Morgan fingerprint density at radius 1 is 1.05 bits per heavy atom. The lowest BCUT2D eigenvalue weighted by Gasteiger charge is -2.09. The van der Waals surface area contributed by atoms with Crippen LogP contribution in [-0.4, -0.2) is 19.1 Å². The van der Waals surface area contributed by atoms with E-state index in [-0.39, 0.29) is 10.6 Å². The molecule has 0 atom stereocenters. The van der Waals surface area contributed by atoms with Gasteiger partial charge in [-0.15, -0.1) is 0 Å². The maximum Gasteiger partial charge on any atom is 0.278 e. The molecule has 0 aliphatic rings. The minimum absolute atomic E-state index is 0.153. The van der Waals surface area contributed by atoms with Crippen molar-refractivity contribution in [3.8, 4) is 11.5 Å². The smallest absolute Gasteiger partial charge is 0.278 e. The van der Waals surface area contributed by atoms with Gasteiger partial charge in [-0.1, -0.05) is 12.1 Å². The molecule has 116 valence electrons. The van der Waals surface area contributed by atoms with Crippen molar-refractivity contribution in [2.24, 2.45) is 0 Å². The second-order valence-electron chi connectivity index (χ2n) is 4.76. The number of hydrogen-bond acceptors (Lipinski definition) is 4. The molecule has 6 heteroatoms. The number of benzene rings is 2. The third-order valence-electron chi connectivity index (χ3n) is 3.41. The summed E-state index contributed by atoms with van der Waals surface area (Å²) in [6.45, 7) is 1.20. The summed E-state index contributed by atoms with van der Waals surface area (Å²) in [5, 5.41) is 13.0. The third kappa shape index (κ3) is 3.73. The van der Waals surface area contributed by atoms with Gasteiger partial charge in [0.05, 0.1) is 24.7 Å². The van der Waals surface area contributed by atoms with Crippen LogP contribution in [0.3, 0.4) is 0 Å². The summed E-state index contributed by atoms with van der Waals surface area (Å²) in [7, 11) is 3.22. The van der Waals surface area contributed by atoms with Crippen molar-refractivity contribution in [3.63, 3.8) is 0 Å². The van der Waals surface area contributed by atoms with Crippen LogP contribution in [0.25, 0.3) is 0 Å². The van der Waals surface area contributed by atoms with E-state index < -0.39 is 0 Å². The summed E-state index contributed by atoms with van der Waals surface area (Å²) < 4.78 is 10.5. The van der Waals surface area contributed by atoms with Gasteiger partial charge in [-0.05, 0) is 18.2 Å². The molecule has 0 unspecified atom stereocenters. The van der Waals surface area contributed by atoms with E-state index in [9.17, 15) is 10.1 Å². The van der Waals surface area contributed by atoms with Crippen LogP contribution in [0.2, 0.25) is 0 Å². The van der Waals surface area contributed by atoms with Crippen LogP contribution in [0.15, 0.2) is 42.5 Å². The van der Waals surface area contributed by atoms with E-state index in [1.165, 1.54) is 6.07 Å². The van der Waals surface area contributed by atoms with Crippen LogP contribution >= 0.6 is 0 Å². The van der Waals surface area contributed by atoms with E-state index in [1.807, 2.05) is 29.6 Å². The van der Waals surface area contributed by atoms with Crippen LogP contribution in [0.5, 0.6) is 11.5 Å². The number of rotatable bonds is 7. The molecule has 0 fully saturated rings. The van der Waals surface area contributed by atoms with Gasteiger partial charge in [0.1, 0.15) is 24.6 Å². The summed E-state index contributed by atoms with van der Waals surface area (Å²) >= 11 is 0. The van der Waals surface area contributed by atoms with Crippen molar-refractivity contribution < 1.29 is 19.7 Å². The Morgan fingerprint density at radius 3 is 2.45 bits per heavy atom. The number of nitro groups is 1. The van der Waals surface area contributed by atoms with Gasteiger partial charge in [-0.25, -0.2) is 0 Å². The minimum Gasteiger partial charge on any atom is -0.497 e. The molecule has 6 nitrogen and oxygen atoms in total. The topological polar surface area (TPSA) is 78.2 Å². The van der Waals surface area contributed by atoms with Crippen molar-refractivity contribution in [3.05, 3.63) is 63.7 Å². The zero-order valence-corrected chi connectivity index (χ0v) is 12.6. The van der Waals surface area contributed by atoms with Gasteiger partial charge < -0.3 is 14.8 Å². The number of para-hydroxylation sites is 1. The van der Waals surface area contributed by atoms with Gasteiger partial charge in [0, 0.05) is 17.7 Å². The van der Waals surface area contributed by atoms with Crippen LogP contribution in [0, 0.1) is 10.1 Å². The normalized spacial score (nSPS) is 10.3. The fourth-order valence-corrected chi connectivity index (χ4v) is 2.27. The molecule has 0 amide bonds. The molecule has 0 radical (unpaired) electrons. The highest BCUT2D eigenvalue weighted by Gasteiger charge is 2.14. The molecule has 0 aliphatic carbocycles. The molecular weight excluding hydrogens is 284 g/mol. The first-order valence-electron chi connectivity index (χ1n) is 6.90. The highest BCUT2D eigenvalue weighted by atomic mass is 16.6. The average molecular weight is 303 g/mol. The van der Waals surface area contributed by atoms with Crippen LogP contribution in [-0.2, 0) is 13.1 Å². The first kappa shape index (κ1) is 15.8. The lowest BCUT2D eigenvalue weighted by Crippen LogP contribution is -2.80. The number of hydrogen-bond donors (Lipinski definition) is 1. The fourth-order valence-electron chi connectivity index (χ4n) is 2.27. The molecule has 2 aromatic carbocycles. The maximum atomic E-state index is 11.0. The van der Waals surface area contributed by atoms with E-state index in [4.69, 9.17) is 9.47 Å². The average Bonchev–Trinajstić information content (AvgIpc) is 2.55. The Balaban J connectivity index is 2.04. The quantitative estimate of drug-likeness (QED) is 0.625. The Bertz CT molecular complexity index is 658. The van der Waals surface area contributed by atoms with E-state index in [1.54, 1.807) is 26.4 Å². The van der Waals surface area contributed by atoms with Crippen molar-refractivity contribution in [2.75, 3.05) is 14.2 Å². The van der Waals surface area contributed by atoms with Gasteiger partial charge in [0.15, 0.2) is 0 Å². The zero-order valence-electron chi connectivity index (χ0n) is 12.6. The highest BCUT2D eigenvalue weighted by molar-refractivity contribution is 5.40. The zero-order chi connectivity index (χ0) is 15.9. The minimum atomic E-state index is -0.350. The third-order valence-corrected chi connectivity index (χ3v) is 3.41. The van der Waals surface area contributed by atoms with Crippen molar-refractivity contribution in [2.45, 2.75) is 13.1 Å². The number of ether oxygens (including phenoxy) is 2. The monoisotopic (exact) mass is 303 g/mol. The molecule has 0 aromatic heterocycles. The first-order valence-corrected chi connectivity index (χ1v) is 6.90. The van der Waals surface area contributed by atoms with Gasteiger partial charge in [0.2, 0.25) is 0 Å². The van der Waals surface area contributed by atoms with E-state index in [2.05, 4.69) is 0 Å². The van der Waals surface area contributed by atoms with Crippen molar-refractivity contribution in [1.29, 1.82) is 0 Å². The molecule has 0 bridgehead atoms. The predicted molar refractivity (Wildman–Crippen MR) is 82.0 cm³/mol. The molecule has 0 aliphatic heterocycles. The highest BCUT2D eigenvalue weighted by Crippen LogP contribution is 2.23. The number of quaternary nitrogens is 1. The maximum absolute atomic E-state index is 11.0. The summed E-state index contributed by atoms with van der Waals surface area (Å²) in [5.74, 6) is 1.48. The molecule has 2 N–H and O–H groups in total. The second-order valence-corrected chi connectivity index (χ2v) is 4.76. The predicted octanol–water partition coefficient (Wildman–Crippen LogP) is 1.88. The number of nitrogens with two attached hydrogens (primary N) is 1. The van der Waals surface area contributed by atoms with Crippen LogP contribution in [0.4, 0.5) is 5.69 Å². The second kappa shape index (κ2) is 7.42. The molecule has 22 heavy (non-hydrogen) atoms. The Labute approximate surface area is 128 Å². The van der Waals surface area contributed by atoms with Gasteiger partial charge in [0.25, 0.3) is 5.69 Å². The molecule has 0 heterocycles. The number of methoxy groups -OCH3 is 2. The largest absolute Gasteiger partial charge is 0.497 e. The van der Waals surface area contributed by atoms with Crippen molar-refractivity contribution in [1.82, 2.24) is 0 Å². The van der Waals surface area contributed by atoms with E-state index in [0.717, 1.165) is 17.1 Å². The van der Waals surface area contributed by atoms with Gasteiger partial charge in [-0.3, -0.25) is 10.1 Å². The first-order chi connectivity index (χ1) is 10.7. The molecule has 2 aromatic rings. The molecule has 0 saturated carbocycles. The molecule has 2 rings (SSSR count). The SMILES string of the molecule is COc1ccc(C[NH2+]Cc2ccccc2[N+](=O)[O-])c(OC)c1. The summed E-state index contributed by atoms with van der Waals surface area (Å²) in [4.78, 5) is 10.6. The molecule has 0 saturated heterocycles. The Hall–Kier alpha value is -2.60. The molecular formula is C16H19N2O4+. The lowest BCUT2D eigenvalue weighted by atomic mass is 10.1. The van der Waals surface area contributed by atoms with Gasteiger partial charge in [-0.2, -0.15) is 0 Å². The van der Waals surface area contributed by atoms with Crippen LogP contribution in [0.1, 0.15) is 11.1 Å². The van der Waals surface area contributed by atoms with Gasteiger partial charge >= 0.3 is 0 Å². The lowest BCUT2D eigenvalue weighted by molar-refractivity contribution is -0.686. The summed E-state index contributed by atoms with van der Waals surface area (Å²) in [6.07, 6.45) is 0. The summed E-state index contributed by atoms with van der Waals surface area (Å²) in [6, 6.07) is 12.4. The number of nitro benzene ring substituents is 1. The molecule has 0 spiro atoms. The Kier molecular flexibility index (Phi) is 5.32. The Morgan fingerprint density at radius 2 is 1.77 bits per heavy atom. The number of nitrogens with zero attached hydrogens (tertiary/aromatic N) is 1.